The Bertz CT molecular complexity index is 308. The van der Waals surface area contributed by atoms with Gasteiger partial charge in [-0.15, -0.1) is 0 Å². The Balaban J connectivity index is 1.55. The molecular weight excluding hydrogens is 232 g/mol. The SMILES string of the molecule is NCC1(NC23CC4CC(CC(C4)C2)C3)CCCCC1. The molecule has 19 heavy (non-hydrogen) atoms. The first-order valence-electron chi connectivity index (χ1n) is 8.70. The molecule has 2 heteroatoms. The monoisotopic (exact) mass is 262 g/mol. The molecule has 2 nitrogen and oxygen atoms in total. The molecule has 108 valence electrons. The Hall–Kier alpha value is -0.0800. The molecule has 0 radical (unpaired) electrons. The van der Waals surface area contributed by atoms with E-state index in [4.69, 9.17) is 5.73 Å². The van der Waals surface area contributed by atoms with Gasteiger partial charge in [0.2, 0.25) is 0 Å². The largest absolute Gasteiger partial charge is 0.329 e. The molecule has 5 saturated carbocycles. The summed E-state index contributed by atoms with van der Waals surface area (Å²) < 4.78 is 0. The van der Waals surface area contributed by atoms with Gasteiger partial charge in [0.25, 0.3) is 0 Å². The van der Waals surface area contributed by atoms with Crippen LogP contribution in [0, 0.1) is 17.8 Å². The van der Waals surface area contributed by atoms with Gasteiger partial charge < -0.3 is 11.1 Å². The van der Waals surface area contributed by atoms with E-state index in [1.807, 2.05) is 0 Å². The molecule has 5 aliphatic rings. The van der Waals surface area contributed by atoms with Crippen LogP contribution in [-0.2, 0) is 0 Å². The summed E-state index contributed by atoms with van der Waals surface area (Å²) in [5.74, 6) is 3.12. The molecule has 0 amide bonds. The molecule has 0 aromatic rings. The lowest BCUT2D eigenvalue weighted by molar-refractivity contribution is -0.0394. The summed E-state index contributed by atoms with van der Waals surface area (Å²) in [5.41, 5.74) is 6.99. The quantitative estimate of drug-likeness (QED) is 0.819. The average Bonchev–Trinajstić information content (AvgIpc) is 2.37. The van der Waals surface area contributed by atoms with Gasteiger partial charge in [-0.25, -0.2) is 0 Å². The van der Waals surface area contributed by atoms with Crippen LogP contribution in [0.5, 0.6) is 0 Å². The molecule has 0 aromatic carbocycles. The van der Waals surface area contributed by atoms with Gasteiger partial charge in [0.05, 0.1) is 0 Å². The molecule has 4 bridgehead atoms. The molecule has 0 spiro atoms. The van der Waals surface area contributed by atoms with Crippen molar-refractivity contribution >= 4 is 0 Å². The van der Waals surface area contributed by atoms with E-state index in [9.17, 15) is 0 Å². The Morgan fingerprint density at radius 2 is 1.37 bits per heavy atom. The summed E-state index contributed by atoms with van der Waals surface area (Å²) in [4.78, 5) is 0. The van der Waals surface area contributed by atoms with Gasteiger partial charge in [-0.05, 0) is 69.1 Å². The van der Waals surface area contributed by atoms with E-state index in [1.54, 1.807) is 0 Å². The first-order valence-corrected chi connectivity index (χ1v) is 8.70. The highest BCUT2D eigenvalue weighted by atomic mass is 15.1. The summed E-state index contributed by atoms with van der Waals surface area (Å²) >= 11 is 0. The van der Waals surface area contributed by atoms with Crippen molar-refractivity contribution in [3.8, 4) is 0 Å². The van der Waals surface area contributed by atoms with E-state index in [1.165, 1.54) is 70.6 Å². The van der Waals surface area contributed by atoms with Crippen LogP contribution in [0.2, 0.25) is 0 Å². The van der Waals surface area contributed by atoms with Crippen LogP contribution in [0.1, 0.15) is 70.6 Å². The Morgan fingerprint density at radius 1 is 0.842 bits per heavy atom. The van der Waals surface area contributed by atoms with E-state index < -0.39 is 0 Å². The third kappa shape index (κ3) is 2.15. The number of nitrogens with one attached hydrogen (secondary N) is 1. The van der Waals surface area contributed by atoms with Crippen LogP contribution < -0.4 is 11.1 Å². The van der Waals surface area contributed by atoms with Gasteiger partial charge in [-0.1, -0.05) is 19.3 Å². The Labute approximate surface area is 117 Å². The van der Waals surface area contributed by atoms with Crippen LogP contribution in [0.3, 0.4) is 0 Å². The summed E-state index contributed by atoms with van der Waals surface area (Å²) in [5, 5.41) is 4.20. The lowest BCUT2D eigenvalue weighted by Gasteiger charge is -2.60. The maximum Gasteiger partial charge on any atom is 0.0308 e. The fraction of sp³-hybridized carbons (Fsp3) is 1.00. The highest BCUT2D eigenvalue weighted by Gasteiger charge is 2.53. The lowest BCUT2D eigenvalue weighted by Crippen LogP contribution is -2.67. The van der Waals surface area contributed by atoms with Gasteiger partial charge in [-0.3, -0.25) is 0 Å². The molecule has 3 N–H and O–H groups in total. The lowest BCUT2D eigenvalue weighted by atomic mass is 9.52. The maximum atomic E-state index is 6.21. The molecule has 0 aromatic heterocycles. The van der Waals surface area contributed by atoms with Crippen LogP contribution in [0.25, 0.3) is 0 Å². The zero-order chi connectivity index (χ0) is 12.9. The van der Waals surface area contributed by atoms with E-state index in [2.05, 4.69) is 5.32 Å². The second-order valence-electron chi connectivity index (χ2n) is 8.37. The molecule has 0 aliphatic heterocycles. The second kappa shape index (κ2) is 4.46. The first-order chi connectivity index (χ1) is 9.21. The molecule has 0 atom stereocenters. The normalized spacial score (nSPS) is 47.5. The Morgan fingerprint density at radius 3 is 1.84 bits per heavy atom. The molecule has 5 rings (SSSR count). The Kier molecular flexibility index (Phi) is 2.97. The summed E-state index contributed by atoms with van der Waals surface area (Å²) in [6.45, 7) is 0.856. The van der Waals surface area contributed by atoms with Gasteiger partial charge in [0.1, 0.15) is 0 Å². The molecule has 5 fully saturated rings. The van der Waals surface area contributed by atoms with Crippen LogP contribution in [0.15, 0.2) is 0 Å². The third-order valence-corrected chi connectivity index (χ3v) is 6.77. The number of rotatable bonds is 3. The summed E-state index contributed by atoms with van der Waals surface area (Å²) in [7, 11) is 0. The third-order valence-electron chi connectivity index (χ3n) is 6.77. The molecule has 5 aliphatic carbocycles. The summed E-state index contributed by atoms with van der Waals surface area (Å²) in [6, 6.07) is 0. The average molecular weight is 262 g/mol. The highest BCUT2D eigenvalue weighted by molar-refractivity contribution is 5.10. The number of nitrogens with two attached hydrogens (primary N) is 1. The van der Waals surface area contributed by atoms with Crippen LogP contribution in [0.4, 0.5) is 0 Å². The van der Waals surface area contributed by atoms with Gasteiger partial charge in [0.15, 0.2) is 0 Å². The highest BCUT2D eigenvalue weighted by Crippen LogP contribution is 2.56. The van der Waals surface area contributed by atoms with Crippen molar-refractivity contribution < 1.29 is 0 Å². The molecule has 0 heterocycles. The fourth-order valence-corrected chi connectivity index (χ4v) is 6.43. The van der Waals surface area contributed by atoms with E-state index in [0.29, 0.717) is 11.1 Å². The van der Waals surface area contributed by atoms with E-state index in [0.717, 1.165) is 24.3 Å². The molecular formula is C17H30N2. The predicted octanol–water partition coefficient (Wildman–Crippen LogP) is 3.21. The fourth-order valence-electron chi connectivity index (χ4n) is 6.43. The van der Waals surface area contributed by atoms with E-state index in [-0.39, 0.29) is 0 Å². The minimum atomic E-state index is 0.296. The smallest absolute Gasteiger partial charge is 0.0308 e. The zero-order valence-electron chi connectivity index (χ0n) is 12.3. The zero-order valence-corrected chi connectivity index (χ0v) is 12.3. The second-order valence-corrected chi connectivity index (χ2v) is 8.37. The van der Waals surface area contributed by atoms with Crippen molar-refractivity contribution in [2.45, 2.75) is 81.7 Å². The van der Waals surface area contributed by atoms with Crippen molar-refractivity contribution in [3.63, 3.8) is 0 Å². The van der Waals surface area contributed by atoms with Gasteiger partial charge in [-0.2, -0.15) is 0 Å². The minimum absolute atomic E-state index is 0.296. The molecule has 0 saturated heterocycles. The minimum Gasteiger partial charge on any atom is -0.329 e. The maximum absolute atomic E-state index is 6.21. The van der Waals surface area contributed by atoms with E-state index >= 15 is 0 Å². The predicted molar refractivity (Wildman–Crippen MR) is 78.9 cm³/mol. The van der Waals surface area contributed by atoms with Gasteiger partial charge in [0, 0.05) is 17.6 Å². The van der Waals surface area contributed by atoms with Crippen molar-refractivity contribution in [2.75, 3.05) is 6.54 Å². The number of hydrogen-bond donors (Lipinski definition) is 2. The van der Waals surface area contributed by atoms with Crippen molar-refractivity contribution in [3.05, 3.63) is 0 Å². The molecule has 0 unspecified atom stereocenters. The summed E-state index contributed by atoms with van der Waals surface area (Å²) in [6.07, 6.45) is 15.8. The standard InChI is InChI=1S/C17H30N2/c18-12-16(4-2-1-3-5-16)19-17-9-13-6-14(10-17)8-15(7-13)11-17/h13-15,19H,1-12,18H2. The van der Waals surface area contributed by atoms with Crippen LogP contribution in [-0.4, -0.2) is 17.6 Å². The van der Waals surface area contributed by atoms with Gasteiger partial charge >= 0.3 is 0 Å². The topological polar surface area (TPSA) is 38.0 Å². The van der Waals surface area contributed by atoms with Crippen molar-refractivity contribution in [1.29, 1.82) is 0 Å². The van der Waals surface area contributed by atoms with Crippen molar-refractivity contribution in [1.82, 2.24) is 5.32 Å². The first kappa shape index (κ1) is 12.6. The van der Waals surface area contributed by atoms with Crippen molar-refractivity contribution in [2.24, 2.45) is 23.5 Å². The van der Waals surface area contributed by atoms with Crippen LogP contribution >= 0.6 is 0 Å². The number of hydrogen-bond acceptors (Lipinski definition) is 2.